The third kappa shape index (κ3) is 2.30. The van der Waals surface area contributed by atoms with Gasteiger partial charge in [-0.1, -0.05) is 96.3 Å². The molecule has 0 aliphatic heterocycles. The maximum atomic E-state index is 2.47. The average Bonchev–Trinajstić information content (AvgIpc) is 2.99. The maximum absolute atomic E-state index is 2.47. The predicted molar refractivity (Wildman–Crippen MR) is 90.7 cm³/mol. The largest absolute Gasteiger partial charge is 0.108 e. The zero-order valence-corrected chi connectivity index (χ0v) is 13.1. The Labute approximate surface area is 122 Å². The summed E-state index contributed by atoms with van der Waals surface area (Å²) in [6.07, 6.45) is 5.73. The molecule has 1 aliphatic carbocycles. The zero-order chi connectivity index (χ0) is 14.0. The molecule has 0 saturated heterocycles. The van der Waals surface area contributed by atoms with E-state index in [1.165, 1.54) is 16.3 Å². The Balaban J connectivity index is 2.09. The van der Waals surface area contributed by atoms with Crippen LogP contribution in [0.15, 0.2) is 78.0 Å². The Morgan fingerprint density at radius 3 is 2.05 bits per heavy atom. The molecule has 0 bridgehead atoms. The molecular weight excluding hydrogens is 256 g/mol. The van der Waals surface area contributed by atoms with E-state index in [0.29, 0.717) is 0 Å². The van der Waals surface area contributed by atoms with Crippen LogP contribution in [0.1, 0.15) is 12.0 Å². The molecule has 0 nitrogen and oxygen atoms in total. The van der Waals surface area contributed by atoms with Gasteiger partial charge >= 0.3 is 0 Å². The minimum Gasteiger partial charge on any atom is -0.0802 e. The molecule has 0 fully saturated rings. The Bertz CT molecular complexity index is 649. The number of hydrogen-bond acceptors (Lipinski definition) is 0. The summed E-state index contributed by atoms with van der Waals surface area (Å²) in [5, 5.41) is 3.17. The summed E-state index contributed by atoms with van der Waals surface area (Å²) in [7, 11) is -1.58. The molecule has 0 aromatic heterocycles. The summed E-state index contributed by atoms with van der Waals surface area (Å²) >= 11 is 0. The van der Waals surface area contributed by atoms with Crippen LogP contribution in [0.5, 0.6) is 0 Å². The highest BCUT2D eigenvalue weighted by Crippen LogP contribution is 2.34. The fraction of sp³-hybridized carbons (Fsp3) is 0.158. The standard InChI is InChI=1S/C19H20Si/c1-20(2,17-12-7-4-8-13-17)19-15-9-14-18(19)16-10-5-3-6-11-16/h3-14H,15H2,1-2H3. The van der Waals surface area contributed by atoms with Crippen LogP contribution in [0.3, 0.4) is 0 Å². The predicted octanol–water partition coefficient (Wildman–Crippen LogP) is 4.55. The van der Waals surface area contributed by atoms with Crippen molar-refractivity contribution >= 4 is 18.8 Å². The molecule has 3 rings (SSSR count). The van der Waals surface area contributed by atoms with Gasteiger partial charge in [-0.15, -0.1) is 0 Å². The first-order valence-electron chi connectivity index (χ1n) is 7.21. The van der Waals surface area contributed by atoms with E-state index in [4.69, 9.17) is 0 Å². The van der Waals surface area contributed by atoms with E-state index in [2.05, 4.69) is 85.9 Å². The van der Waals surface area contributed by atoms with Crippen molar-refractivity contribution in [1.29, 1.82) is 0 Å². The van der Waals surface area contributed by atoms with Crippen LogP contribution in [-0.4, -0.2) is 8.07 Å². The third-order valence-electron chi connectivity index (χ3n) is 4.27. The highest BCUT2D eigenvalue weighted by molar-refractivity contribution is 6.96. The lowest BCUT2D eigenvalue weighted by Crippen LogP contribution is -2.43. The quantitative estimate of drug-likeness (QED) is 0.721. The average molecular weight is 276 g/mol. The number of hydrogen-bond donors (Lipinski definition) is 0. The Hall–Kier alpha value is -1.86. The minimum absolute atomic E-state index is 1.11. The molecule has 0 unspecified atom stereocenters. The normalized spacial score (nSPS) is 14.9. The van der Waals surface area contributed by atoms with Crippen molar-refractivity contribution in [3.8, 4) is 0 Å². The minimum atomic E-state index is -1.58. The second-order valence-corrected chi connectivity index (χ2v) is 10.3. The van der Waals surface area contributed by atoms with Crippen molar-refractivity contribution in [2.75, 3.05) is 0 Å². The third-order valence-corrected chi connectivity index (χ3v) is 8.03. The summed E-state index contributed by atoms with van der Waals surface area (Å²) in [5.41, 5.74) is 2.80. The van der Waals surface area contributed by atoms with E-state index in [1.807, 2.05) is 0 Å². The first-order valence-corrected chi connectivity index (χ1v) is 10.2. The smallest absolute Gasteiger partial charge is 0.0802 e. The topological polar surface area (TPSA) is 0 Å². The second-order valence-electron chi connectivity index (χ2n) is 5.86. The molecule has 0 radical (unpaired) electrons. The van der Waals surface area contributed by atoms with Crippen LogP contribution in [0.2, 0.25) is 13.1 Å². The van der Waals surface area contributed by atoms with Gasteiger partial charge in [0, 0.05) is 0 Å². The molecule has 0 atom stereocenters. The lowest BCUT2D eigenvalue weighted by Gasteiger charge is -2.27. The molecule has 1 heteroatoms. The Morgan fingerprint density at radius 1 is 0.800 bits per heavy atom. The van der Waals surface area contributed by atoms with Crippen molar-refractivity contribution < 1.29 is 0 Å². The van der Waals surface area contributed by atoms with Crippen molar-refractivity contribution in [3.05, 3.63) is 83.6 Å². The number of allylic oxidation sites excluding steroid dienone is 4. The van der Waals surface area contributed by atoms with Gasteiger partial charge in [0.2, 0.25) is 0 Å². The van der Waals surface area contributed by atoms with Crippen LogP contribution in [0, 0.1) is 0 Å². The summed E-state index contributed by atoms with van der Waals surface area (Å²) in [6.45, 7) is 4.93. The summed E-state index contributed by atoms with van der Waals surface area (Å²) in [6, 6.07) is 21.8. The molecule has 1 aliphatic rings. The van der Waals surface area contributed by atoms with Gasteiger partial charge in [-0.05, 0) is 17.6 Å². The summed E-state index contributed by atoms with van der Waals surface area (Å²) in [5.74, 6) is 0. The zero-order valence-electron chi connectivity index (χ0n) is 12.1. The molecule has 0 saturated carbocycles. The van der Waals surface area contributed by atoms with Gasteiger partial charge in [-0.3, -0.25) is 0 Å². The second kappa shape index (κ2) is 5.26. The summed E-state index contributed by atoms with van der Waals surface area (Å²) in [4.78, 5) is 0. The van der Waals surface area contributed by atoms with Crippen LogP contribution in [-0.2, 0) is 0 Å². The highest BCUT2D eigenvalue weighted by atomic mass is 28.3. The van der Waals surface area contributed by atoms with Crippen LogP contribution in [0.25, 0.3) is 5.57 Å². The van der Waals surface area contributed by atoms with E-state index in [9.17, 15) is 0 Å². The fourth-order valence-electron chi connectivity index (χ4n) is 3.01. The van der Waals surface area contributed by atoms with Gasteiger partial charge in [0.15, 0.2) is 0 Å². The van der Waals surface area contributed by atoms with Crippen LogP contribution >= 0.6 is 0 Å². The van der Waals surface area contributed by atoms with Gasteiger partial charge in [0.05, 0.1) is 0 Å². The molecule has 20 heavy (non-hydrogen) atoms. The lowest BCUT2D eigenvalue weighted by atomic mass is 10.1. The van der Waals surface area contributed by atoms with E-state index in [1.54, 1.807) is 5.20 Å². The van der Waals surface area contributed by atoms with Crippen LogP contribution in [0.4, 0.5) is 0 Å². The fourth-order valence-corrected chi connectivity index (χ4v) is 5.92. The molecule has 0 heterocycles. The van der Waals surface area contributed by atoms with E-state index in [0.717, 1.165) is 6.42 Å². The Morgan fingerprint density at radius 2 is 1.40 bits per heavy atom. The van der Waals surface area contributed by atoms with Gasteiger partial charge in [-0.2, -0.15) is 0 Å². The number of rotatable bonds is 3. The van der Waals surface area contributed by atoms with Crippen molar-refractivity contribution in [1.82, 2.24) is 0 Å². The molecule has 0 spiro atoms. The van der Waals surface area contributed by atoms with Gasteiger partial charge in [-0.25, -0.2) is 0 Å². The first-order chi connectivity index (χ1) is 9.69. The Kier molecular flexibility index (Phi) is 3.45. The highest BCUT2D eigenvalue weighted by Gasteiger charge is 2.31. The number of benzene rings is 2. The van der Waals surface area contributed by atoms with E-state index < -0.39 is 8.07 Å². The molecule has 0 amide bonds. The SMILES string of the molecule is C[Si](C)(C1=C(c2ccccc2)C=CC1)c1ccccc1. The monoisotopic (exact) mass is 276 g/mol. The molecular formula is C19H20Si. The van der Waals surface area contributed by atoms with Gasteiger partial charge in [0.25, 0.3) is 0 Å². The van der Waals surface area contributed by atoms with Gasteiger partial charge in [0.1, 0.15) is 8.07 Å². The molecule has 0 N–H and O–H groups in total. The molecule has 2 aromatic carbocycles. The van der Waals surface area contributed by atoms with Crippen LogP contribution < -0.4 is 5.19 Å². The maximum Gasteiger partial charge on any atom is 0.108 e. The van der Waals surface area contributed by atoms with Crippen molar-refractivity contribution in [2.24, 2.45) is 0 Å². The van der Waals surface area contributed by atoms with E-state index in [-0.39, 0.29) is 0 Å². The first kappa shape index (κ1) is 13.1. The van der Waals surface area contributed by atoms with Gasteiger partial charge < -0.3 is 0 Å². The van der Waals surface area contributed by atoms with Crippen molar-refractivity contribution in [2.45, 2.75) is 19.5 Å². The molecule has 100 valence electrons. The van der Waals surface area contributed by atoms with E-state index >= 15 is 0 Å². The lowest BCUT2D eigenvalue weighted by molar-refractivity contribution is 1.36. The molecule has 2 aromatic rings. The van der Waals surface area contributed by atoms with Crippen molar-refractivity contribution in [3.63, 3.8) is 0 Å². The summed E-state index contributed by atoms with van der Waals surface area (Å²) < 4.78 is 0.